The summed E-state index contributed by atoms with van der Waals surface area (Å²) in [4.78, 5) is 0. The SMILES string of the molecule is CC(C)(C)[PH+](Cn1b[n+](C[PH+](C(C)(C)C)C(C)(C)C)c2ccccc21)C(C)(C)C.O=S(=O)([O-])C(F)(F)F.[Pt]. The van der Waals surface area contributed by atoms with Crippen LogP contribution < -0.4 is 4.47 Å². The zero-order valence-corrected chi connectivity index (χ0v) is 29.9. The molecule has 0 aliphatic heterocycles. The Morgan fingerprint density at radius 2 is 1.18 bits per heavy atom. The summed E-state index contributed by atoms with van der Waals surface area (Å²) in [6.45, 7) is 29.2. The minimum absolute atomic E-state index is 0. The van der Waals surface area contributed by atoms with Crippen LogP contribution in [0.25, 0.3) is 11.0 Å². The zero-order chi connectivity index (χ0) is 29.4. The van der Waals surface area contributed by atoms with Gasteiger partial charge in [0.15, 0.2) is 10.1 Å². The fraction of sp³-hybridized carbons (Fsp3) is 0.760. The molecule has 0 bridgehead atoms. The van der Waals surface area contributed by atoms with Gasteiger partial charge < -0.3 is 4.55 Å². The molecule has 38 heavy (non-hydrogen) atoms. The second kappa shape index (κ2) is 13.0. The van der Waals surface area contributed by atoms with E-state index in [1.165, 1.54) is 11.0 Å². The maximum absolute atomic E-state index is 10.7. The van der Waals surface area contributed by atoms with Gasteiger partial charge in [-0.25, -0.2) is 8.42 Å². The van der Waals surface area contributed by atoms with E-state index in [0.717, 1.165) is 12.6 Å². The summed E-state index contributed by atoms with van der Waals surface area (Å²) in [5, 5.41) is 1.46. The van der Waals surface area contributed by atoms with Gasteiger partial charge in [-0.2, -0.15) is 13.2 Å². The monoisotopic (exact) mass is 779 g/mol. The summed E-state index contributed by atoms with van der Waals surface area (Å²) in [7, 11) is -4.91. The number of para-hydroxylation sites is 2. The number of alkyl halides is 3. The van der Waals surface area contributed by atoms with Gasteiger partial charge in [-0.1, -0.05) is 0 Å². The number of hydrogen-bond donors (Lipinski definition) is 0. The first-order chi connectivity index (χ1) is 16.2. The number of benzene rings is 1. The van der Waals surface area contributed by atoms with Crippen LogP contribution in [-0.4, -0.2) is 50.8 Å². The number of fused-ring (bicyclic) bond motifs is 1. The van der Waals surface area contributed by atoms with Gasteiger partial charge in [-0.05, 0) is 0 Å². The van der Waals surface area contributed by atoms with Crippen LogP contribution in [0.5, 0.6) is 0 Å². The first-order valence-electron chi connectivity index (χ1n) is 12.4. The fourth-order valence-electron chi connectivity index (χ4n) is 5.03. The molecular weight excluding hydrogens is 733 g/mol. The van der Waals surface area contributed by atoms with Crippen molar-refractivity contribution in [2.45, 2.75) is 122 Å². The Bertz CT molecular complexity index is 1070. The predicted molar refractivity (Wildman–Crippen MR) is 155 cm³/mol. The summed E-state index contributed by atoms with van der Waals surface area (Å²) in [6, 6.07) is 9.03. The van der Waals surface area contributed by atoms with Crippen molar-refractivity contribution in [3.8, 4) is 0 Å². The summed E-state index contributed by atoms with van der Waals surface area (Å²) in [6.07, 6.45) is 2.33. The molecule has 222 valence electrons. The zero-order valence-electron chi connectivity index (χ0n) is 24.8. The average Bonchev–Trinajstić information content (AvgIpc) is 2.97. The molecule has 1 heterocycles. The molecule has 0 N–H and O–H groups in total. The van der Waals surface area contributed by atoms with E-state index >= 15 is 0 Å². The summed E-state index contributed by atoms with van der Waals surface area (Å²) in [5.41, 5.74) is -2.85. The Balaban J connectivity index is 0.00000132. The number of nitrogens with zero attached hydrogens (tertiary/aromatic N) is 2. The van der Waals surface area contributed by atoms with Crippen molar-refractivity contribution in [3.63, 3.8) is 0 Å². The smallest absolute Gasteiger partial charge is 0.485 e. The van der Waals surface area contributed by atoms with Crippen molar-refractivity contribution < 1.29 is 51.7 Å². The van der Waals surface area contributed by atoms with E-state index in [9.17, 15) is 13.2 Å². The predicted octanol–water partition coefficient (Wildman–Crippen LogP) is 6.85. The molecule has 0 atom stereocenters. The number of halogens is 3. The molecule has 0 unspecified atom stereocenters. The summed E-state index contributed by atoms with van der Waals surface area (Å²) >= 11 is 0. The molecule has 0 amide bonds. The Morgan fingerprint density at radius 3 is 1.53 bits per heavy atom. The molecule has 5 nitrogen and oxygen atoms in total. The second-order valence-electron chi connectivity index (χ2n) is 13.7. The number of hydrogen-bond acceptors (Lipinski definition) is 3. The van der Waals surface area contributed by atoms with Crippen LogP contribution in [0.15, 0.2) is 24.3 Å². The van der Waals surface area contributed by atoms with E-state index in [2.05, 4.69) is 123 Å². The third-order valence-electron chi connectivity index (χ3n) is 6.34. The van der Waals surface area contributed by atoms with Crippen molar-refractivity contribution in [2.75, 3.05) is 0 Å². The molecule has 1 aromatic heterocycles. The Kier molecular flexibility index (Phi) is 13.0. The van der Waals surface area contributed by atoms with Gasteiger partial charge in [0, 0.05) is 21.1 Å². The van der Waals surface area contributed by atoms with E-state index in [4.69, 9.17) is 13.0 Å². The third-order valence-corrected chi connectivity index (χ3v) is 15.5. The van der Waals surface area contributed by atoms with Crippen LogP contribution in [0.1, 0.15) is 83.1 Å². The normalized spacial score (nSPS) is 13.8. The van der Waals surface area contributed by atoms with Crippen LogP contribution in [-0.2, 0) is 43.8 Å². The van der Waals surface area contributed by atoms with Crippen LogP contribution in [0.2, 0.25) is 0 Å². The maximum atomic E-state index is 10.7. The molecule has 0 aliphatic rings. The quantitative estimate of drug-likeness (QED) is 0.194. The molecule has 0 aliphatic carbocycles. The van der Waals surface area contributed by atoms with E-state index < -0.39 is 31.5 Å². The van der Waals surface area contributed by atoms with Crippen LogP contribution in [0, 0.1) is 0 Å². The summed E-state index contributed by atoms with van der Waals surface area (Å²) in [5.74, 6) is 0. The first kappa shape index (κ1) is 38.1. The van der Waals surface area contributed by atoms with Crippen molar-refractivity contribution in [1.82, 2.24) is 4.47 Å². The number of rotatable bonds is 4. The van der Waals surface area contributed by atoms with Crippen molar-refractivity contribution in [2.24, 2.45) is 0 Å². The molecular formula is C25H46BF3N2O3P2PtS+2. The van der Waals surface area contributed by atoms with Crippen LogP contribution >= 0.6 is 15.8 Å². The minimum Gasteiger partial charge on any atom is -0.741 e. The molecule has 0 spiro atoms. The van der Waals surface area contributed by atoms with Crippen LogP contribution in [0.4, 0.5) is 13.2 Å². The van der Waals surface area contributed by atoms with Crippen molar-refractivity contribution in [1.29, 1.82) is 0 Å². The van der Waals surface area contributed by atoms with E-state index in [1.54, 1.807) is 0 Å². The van der Waals surface area contributed by atoms with Gasteiger partial charge in [0.1, 0.15) is 0 Å². The van der Waals surface area contributed by atoms with Gasteiger partial charge >= 0.3 is 189 Å². The standard InChI is InChI=1S/C24H44BN2P2.CHF3O3S.Pt/c1-21(2,3)28(22(4,5)6)17-26-19-15-13-14-16-20(19)27(25-26)18-29(23(7,8)9)24(10,11)12;2-1(3,4)8(5,6)7;/h13-16H,17-18H2,1-12H3;(H,5,6,7);/q+1;;/p+1. The average molecular weight is 780 g/mol. The van der Waals surface area contributed by atoms with Gasteiger partial charge in [-0.15, -0.1) is 0 Å². The van der Waals surface area contributed by atoms with Crippen LogP contribution in [0.3, 0.4) is 0 Å². The summed E-state index contributed by atoms with van der Waals surface area (Å²) < 4.78 is 64.1. The maximum Gasteiger partial charge on any atom is 0.485 e. The van der Waals surface area contributed by atoms with Gasteiger partial charge in [-0.3, -0.25) is 0 Å². The molecule has 2 rings (SSSR count). The fourth-order valence-corrected chi connectivity index (χ4v) is 12.6. The van der Waals surface area contributed by atoms with E-state index in [1.807, 2.05) is 0 Å². The Hall–Kier alpha value is 0.133. The largest absolute Gasteiger partial charge is 0.741 e. The molecule has 0 fully saturated rings. The van der Waals surface area contributed by atoms with E-state index in [0.29, 0.717) is 20.6 Å². The van der Waals surface area contributed by atoms with Gasteiger partial charge in [0.25, 0.3) is 0 Å². The topological polar surface area (TPSA) is 66.0 Å². The Labute approximate surface area is 245 Å². The third kappa shape index (κ3) is 10.8. The molecule has 0 saturated heterocycles. The first-order valence-corrected chi connectivity index (χ1v) is 17.2. The van der Waals surface area contributed by atoms with E-state index in [-0.39, 0.29) is 21.1 Å². The van der Waals surface area contributed by atoms with Gasteiger partial charge in [0.2, 0.25) is 0 Å². The molecule has 1 aromatic carbocycles. The molecule has 0 radical (unpaired) electrons. The molecule has 0 saturated carbocycles. The second-order valence-corrected chi connectivity index (χ2v) is 23.6. The van der Waals surface area contributed by atoms with Crippen molar-refractivity contribution >= 4 is 44.2 Å². The van der Waals surface area contributed by atoms with Gasteiger partial charge in [0.05, 0.1) is 0 Å². The van der Waals surface area contributed by atoms with Crippen molar-refractivity contribution in [3.05, 3.63) is 24.3 Å². The molecule has 2 aromatic rings. The Morgan fingerprint density at radius 1 is 0.816 bits per heavy atom. The minimum atomic E-state index is -6.09. The molecule has 13 heteroatoms. The number of aromatic nitrogens is 2.